The highest BCUT2D eigenvalue weighted by molar-refractivity contribution is 5.79. The number of hydrogen-bond donors (Lipinski definition) is 36. The van der Waals surface area contributed by atoms with E-state index in [2.05, 4.69) is 37.2 Å². The summed E-state index contributed by atoms with van der Waals surface area (Å²) >= 11 is 0. The Morgan fingerprint density at radius 1 is 0.324 bits per heavy atom. The van der Waals surface area contributed by atoms with E-state index in [9.17, 15) is 196 Å². The second-order valence-electron chi connectivity index (χ2n) is 34.5. The van der Waals surface area contributed by atoms with Gasteiger partial charge in [0.05, 0.1) is 109 Å². The van der Waals surface area contributed by atoms with Gasteiger partial charge in [0.2, 0.25) is 41.4 Å². The second kappa shape index (κ2) is 50.7. The number of hydrogen-bond acceptors (Lipinski definition) is 52. The minimum Gasteiger partial charge on any atom is -0.477 e. The number of ether oxygens (including phenoxy) is 16. The highest BCUT2D eigenvalue weighted by atomic mass is 16.8. The normalized spacial score (nSPS) is 40.5. The zero-order valence-corrected chi connectivity index (χ0v) is 75.2. The number of carboxylic acids is 3. The predicted octanol–water partition coefficient (Wildman–Crippen LogP) is -22.4. The SMILES string of the molecule is CC(=O)N[C@H]1[C@H](O[C@H]2[C@@H](O)[C@@H](CO[C@]3(C(=O)O)C[C@H](O)[C@@H](NC(C)=O)[C@H]([C@H](O)[C@H](O)CO)O3)O[C@@H](O[C@H]3[C@H](O)[C@@H](NC(C)=O)[C@H](O[C@@H]([C@@H](O)[C@H](O)CO[C@]4(C(=O)O)C[C@H](O)[C@@H](NC(C)=O)[C@H]([C@H](O)[C@H](O)CO)O4)[C@H](CO)NC(C)=O)O[C@@H]3CO)[C@@H]2O)O[C@H](CO)[C@@H](O[C@@H]2O[C@H](CO[C@]3(C(=O)O)C[C@H](O)[C@@H](NC(C)=O)[C@H]([C@H](O)[C@H](O)CO)O3)[C@H](O)[C@H](O[C@@H]3O[C@H](CO)[C@@H](O)[C@H](O)[C@H]3NC(C)=O)[C@H]2O)[C@@H]1O. The van der Waals surface area contributed by atoms with Gasteiger partial charge in [-0.1, -0.05) is 0 Å². The van der Waals surface area contributed by atoms with Gasteiger partial charge in [0.1, 0.15) is 195 Å². The van der Waals surface area contributed by atoms with Crippen LogP contribution in [0, 0.1) is 0 Å². The Morgan fingerprint density at radius 2 is 0.619 bits per heavy atom. The zero-order valence-electron chi connectivity index (χ0n) is 75.2. The van der Waals surface area contributed by atoms with Gasteiger partial charge in [-0.15, -0.1) is 0 Å². The minimum atomic E-state index is -3.36. The lowest BCUT2D eigenvalue weighted by Crippen LogP contribution is -2.71. The maximum atomic E-state index is 13.6. The third kappa shape index (κ3) is 27.6. The Kier molecular flexibility index (Phi) is 42.8. The van der Waals surface area contributed by atoms with Crippen LogP contribution in [-0.4, -0.2) is 560 Å². The Bertz CT molecular complexity index is 4040. The number of amides is 7. The van der Waals surface area contributed by atoms with Crippen LogP contribution in [0.25, 0.3) is 0 Å². The van der Waals surface area contributed by atoms with Crippen molar-refractivity contribution in [2.75, 3.05) is 66.1 Å². The summed E-state index contributed by atoms with van der Waals surface area (Å²) < 4.78 is 94.7. The van der Waals surface area contributed by atoms with Gasteiger partial charge in [0.15, 0.2) is 31.5 Å². The van der Waals surface area contributed by atoms with Crippen molar-refractivity contribution in [2.45, 2.75) is 354 Å². The molecule has 8 rings (SSSR count). The van der Waals surface area contributed by atoms with E-state index >= 15 is 0 Å². The first-order valence-corrected chi connectivity index (χ1v) is 43.4. The first-order valence-electron chi connectivity index (χ1n) is 43.4. The Hall–Kier alpha value is -6.98. The molecule has 0 unspecified atom stereocenters. The van der Waals surface area contributed by atoms with Gasteiger partial charge < -0.3 is 261 Å². The van der Waals surface area contributed by atoms with Crippen LogP contribution in [0.2, 0.25) is 0 Å². The molecule has 0 bridgehead atoms. The molecule has 0 radical (unpaired) electrons. The Balaban J connectivity index is 1.17. The first kappa shape index (κ1) is 117. The summed E-state index contributed by atoms with van der Waals surface area (Å²) in [5.74, 6) is -23.4. The van der Waals surface area contributed by atoms with Crippen molar-refractivity contribution < 1.29 is 272 Å². The lowest BCUT2D eigenvalue weighted by molar-refractivity contribution is -0.389. The van der Waals surface area contributed by atoms with Crippen LogP contribution in [0.4, 0.5) is 0 Å². The third-order valence-corrected chi connectivity index (χ3v) is 24.2. The predicted molar refractivity (Wildman–Crippen MR) is 432 cm³/mol. The number of aliphatic carboxylic acids is 3. The number of aliphatic hydroxyl groups is 26. The molecular weight excluding hydrogens is 1900 g/mol. The molecule has 0 aliphatic carbocycles. The lowest BCUT2D eigenvalue weighted by atomic mass is 9.88. The van der Waals surface area contributed by atoms with Crippen LogP contribution in [-0.2, 0) is 124 Å². The molecule has 0 aromatic rings. The van der Waals surface area contributed by atoms with Crippen LogP contribution in [0.15, 0.2) is 0 Å². The molecule has 800 valence electrons. The lowest BCUT2D eigenvalue weighted by Gasteiger charge is -2.51. The number of carbonyl (C=O) groups is 10. The third-order valence-electron chi connectivity index (χ3n) is 24.2. The smallest absolute Gasteiger partial charge is 0.364 e. The molecule has 8 aliphatic heterocycles. The maximum Gasteiger partial charge on any atom is 0.364 e. The van der Waals surface area contributed by atoms with Gasteiger partial charge in [-0.3, -0.25) is 33.6 Å². The molecule has 0 aromatic carbocycles. The molecule has 36 N–H and O–H groups in total. The average Bonchev–Trinajstić information content (AvgIpc) is 0.760. The van der Waals surface area contributed by atoms with E-state index in [0.717, 1.165) is 48.5 Å². The summed E-state index contributed by atoms with van der Waals surface area (Å²) in [5, 5.41) is 341. The van der Waals surface area contributed by atoms with Gasteiger partial charge in [0.25, 0.3) is 17.4 Å². The molecule has 8 fully saturated rings. The van der Waals surface area contributed by atoms with Crippen LogP contribution in [0.5, 0.6) is 0 Å². The number of aliphatic hydroxyl groups excluding tert-OH is 26. The van der Waals surface area contributed by atoms with E-state index < -0.39 is 431 Å². The molecule has 8 saturated heterocycles. The number of carbonyl (C=O) groups excluding carboxylic acids is 7. The molecule has 0 saturated carbocycles. The summed E-state index contributed by atoms with van der Waals surface area (Å²) in [7, 11) is 0. The molecule has 0 aromatic heterocycles. The van der Waals surface area contributed by atoms with E-state index in [1.54, 1.807) is 0 Å². The molecule has 8 heterocycles. The molecule has 139 heavy (non-hydrogen) atoms. The molecule has 8 aliphatic rings. The van der Waals surface area contributed by atoms with E-state index in [4.69, 9.17) is 75.8 Å². The van der Waals surface area contributed by atoms with Crippen molar-refractivity contribution >= 4 is 59.3 Å². The Morgan fingerprint density at radius 3 is 0.928 bits per heavy atom. The Labute approximate surface area is 786 Å². The summed E-state index contributed by atoms with van der Waals surface area (Å²) in [4.78, 5) is 129. The van der Waals surface area contributed by atoms with Crippen molar-refractivity contribution in [3.63, 3.8) is 0 Å². The topological polar surface area (TPSA) is 989 Å². The quantitative estimate of drug-likeness (QED) is 0.0269. The summed E-state index contributed by atoms with van der Waals surface area (Å²) in [6.45, 7) is -7.27. The number of rotatable bonds is 45. The van der Waals surface area contributed by atoms with Crippen molar-refractivity contribution in [1.29, 1.82) is 0 Å². The van der Waals surface area contributed by atoms with E-state index in [0.29, 0.717) is 0 Å². The van der Waals surface area contributed by atoms with Crippen LogP contribution in [0.1, 0.15) is 67.7 Å². The summed E-state index contributed by atoms with van der Waals surface area (Å²) in [5.41, 5.74) is 0. The number of nitrogens with one attached hydrogen (secondary N) is 7. The summed E-state index contributed by atoms with van der Waals surface area (Å²) in [6.07, 6.45) is -91.0. The van der Waals surface area contributed by atoms with Crippen molar-refractivity contribution in [1.82, 2.24) is 37.2 Å². The molecule has 0 spiro atoms. The minimum absolute atomic E-state index is 0.791. The molecular formula is C77H127N7O55. The molecule has 62 nitrogen and oxygen atoms in total. The monoisotopic (exact) mass is 2030 g/mol. The fourth-order valence-corrected chi connectivity index (χ4v) is 17.2. The number of carboxylic acid groups (broad SMARTS) is 3. The fourth-order valence-electron chi connectivity index (χ4n) is 17.2. The zero-order chi connectivity index (χ0) is 104. The van der Waals surface area contributed by atoms with Gasteiger partial charge in [-0.25, -0.2) is 14.4 Å². The van der Waals surface area contributed by atoms with Crippen LogP contribution < -0.4 is 37.2 Å². The molecule has 7 amide bonds. The van der Waals surface area contributed by atoms with E-state index in [-0.39, 0.29) is 0 Å². The van der Waals surface area contributed by atoms with Crippen molar-refractivity contribution in [3.05, 3.63) is 0 Å². The van der Waals surface area contributed by atoms with Crippen LogP contribution >= 0.6 is 0 Å². The van der Waals surface area contributed by atoms with E-state index in [1.165, 1.54) is 0 Å². The van der Waals surface area contributed by atoms with Gasteiger partial charge in [-0.2, -0.15) is 0 Å². The summed E-state index contributed by atoms with van der Waals surface area (Å²) in [6, 6.07) is -13.8. The van der Waals surface area contributed by atoms with E-state index in [1.807, 2.05) is 0 Å². The molecule has 62 heteroatoms. The van der Waals surface area contributed by atoms with Gasteiger partial charge >= 0.3 is 17.9 Å². The van der Waals surface area contributed by atoms with Crippen LogP contribution in [0.3, 0.4) is 0 Å². The van der Waals surface area contributed by atoms with Gasteiger partial charge in [0, 0.05) is 67.7 Å². The standard InChI is InChI=1S/C77H127N7O55/c1-21(92)78-28(11-85)59(50(109)35(105)18-124-75(72(118)119)8-29(99)41(79-22(2)93)62(137-75)47(106)32(102)12-86)132-68-45(83-26(6)97)55(114)60(37(16-90)128-68)133-71-58(117)66(53(112)40(131-71)20-126-77(74(122)123)10-31(101)43(81-24(4)95)64(139-77)49(108)34(104)14-88)136-69-46(84-27(7)98)56(115)61(38(17-91)129-69)134-70-57(116)65(135-67-44(82-25(5)96)54(113)51(110)36(15-89)127-67)52(111)39(130-70)19-125-76(73(120)121)9-30(100)42(80-23(3)94)63(138-76)48(107)33(103)13-87/h28-71,85-91,99-117H,8-20H2,1-7H3,(H,78,92)(H,79,93)(H,80,94)(H,81,95)(H,82,96)(H,83,97)(H,84,98)(H,118,119)(H,120,121)(H,122,123)/t28-,29-,30-,31-,32+,33+,34+,35+,36+,37+,38+,39+,40+,41+,42+,43+,44+,45+,46+,47+,48+,49+,50-,51+,52-,53-,54+,55+,56+,57+,58+,59+,60+,61+,62+,63+,64+,65-,66-,67-,68-,69-,70-,71-,75+,76+,77+/m0/s1. The maximum absolute atomic E-state index is 13.6. The van der Waals surface area contributed by atoms with Gasteiger partial charge in [-0.05, 0) is 0 Å². The van der Waals surface area contributed by atoms with Crippen molar-refractivity contribution in [3.8, 4) is 0 Å². The van der Waals surface area contributed by atoms with Crippen molar-refractivity contribution in [2.24, 2.45) is 0 Å². The highest BCUT2D eigenvalue weighted by Gasteiger charge is 2.64. The first-order chi connectivity index (χ1) is 65.1. The largest absolute Gasteiger partial charge is 0.477 e. The highest BCUT2D eigenvalue weighted by Crippen LogP contribution is 2.43. The molecule has 47 atom stereocenters. The fraction of sp³-hybridized carbons (Fsp3) is 0.870. The average molecular weight is 2030 g/mol. The second-order valence-corrected chi connectivity index (χ2v) is 34.5.